The Kier molecular flexibility index (Phi) is 2.40. The summed E-state index contributed by atoms with van der Waals surface area (Å²) in [7, 11) is 0. The number of nitrogens with one attached hydrogen (secondary N) is 1. The minimum atomic E-state index is -0.241. The quantitative estimate of drug-likeness (QED) is 0.547. The Morgan fingerprint density at radius 2 is 2.50 bits per heavy atom. The number of ketones is 1. The number of carbonyl (C=O) groups is 1. The van der Waals surface area contributed by atoms with Crippen LogP contribution in [0.3, 0.4) is 0 Å². The summed E-state index contributed by atoms with van der Waals surface area (Å²) >= 11 is 0. The zero-order valence-corrected chi connectivity index (χ0v) is 6.26. The van der Waals surface area contributed by atoms with Gasteiger partial charge in [0.25, 0.3) is 0 Å². The summed E-state index contributed by atoms with van der Waals surface area (Å²) in [5, 5.41) is 3.18. The average Bonchev–Trinajstić information content (AvgIpc) is 2.36. The molecule has 58 valence electrons. The van der Waals surface area contributed by atoms with Gasteiger partial charge < -0.3 is 11.1 Å². The van der Waals surface area contributed by atoms with Crippen LogP contribution in [-0.2, 0) is 4.79 Å². The van der Waals surface area contributed by atoms with Gasteiger partial charge in [-0.25, -0.2) is 0 Å². The van der Waals surface area contributed by atoms with Crippen molar-refractivity contribution in [2.75, 3.05) is 13.1 Å². The molecule has 0 aromatic carbocycles. The summed E-state index contributed by atoms with van der Waals surface area (Å²) in [5.74, 6) is 0.478. The molecule has 0 aromatic rings. The first-order valence-electron chi connectivity index (χ1n) is 3.68. The van der Waals surface area contributed by atoms with Crippen molar-refractivity contribution in [2.45, 2.75) is 19.4 Å². The topological polar surface area (TPSA) is 55.1 Å². The van der Waals surface area contributed by atoms with Crippen molar-refractivity contribution in [1.29, 1.82) is 0 Å². The summed E-state index contributed by atoms with van der Waals surface area (Å²) < 4.78 is 0. The number of nitrogens with two attached hydrogens (primary N) is 1. The predicted octanol–water partition coefficient (Wildman–Crippen LogP) is -0.488. The van der Waals surface area contributed by atoms with E-state index in [0.29, 0.717) is 5.92 Å². The number of carbonyl (C=O) groups excluding carboxylic acids is 1. The molecule has 1 unspecified atom stereocenters. The predicted molar refractivity (Wildman–Crippen MR) is 39.6 cm³/mol. The molecule has 1 fully saturated rings. The molecule has 1 rings (SSSR count). The van der Waals surface area contributed by atoms with Crippen LogP contribution >= 0.6 is 0 Å². The summed E-state index contributed by atoms with van der Waals surface area (Å²) in [5.41, 5.74) is 5.63. The van der Waals surface area contributed by atoms with E-state index in [1.54, 1.807) is 6.92 Å². The summed E-state index contributed by atoms with van der Waals surface area (Å²) in [6.07, 6.45) is 1.04. The van der Waals surface area contributed by atoms with Crippen molar-refractivity contribution in [3.63, 3.8) is 0 Å². The first-order chi connectivity index (χ1) is 4.72. The lowest BCUT2D eigenvalue weighted by atomic mass is 9.97. The maximum Gasteiger partial charge on any atom is 0.146 e. The molecule has 0 aliphatic carbocycles. The van der Waals surface area contributed by atoms with E-state index in [2.05, 4.69) is 5.32 Å². The molecule has 0 saturated carbocycles. The number of Topliss-reactive ketones (excluding diaryl/α,β-unsaturated/α-hetero) is 1. The van der Waals surface area contributed by atoms with Crippen molar-refractivity contribution in [1.82, 2.24) is 5.32 Å². The summed E-state index contributed by atoms with van der Waals surface area (Å²) in [4.78, 5) is 10.8. The van der Waals surface area contributed by atoms with Gasteiger partial charge in [0.2, 0.25) is 0 Å². The third-order valence-corrected chi connectivity index (χ3v) is 2.08. The SMILES string of the molecule is CC(=O)C(N)[C@@H]1CCNC1. The highest BCUT2D eigenvalue weighted by Crippen LogP contribution is 2.11. The highest BCUT2D eigenvalue weighted by Gasteiger charge is 2.24. The number of hydrogen-bond donors (Lipinski definition) is 2. The van der Waals surface area contributed by atoms with Gasteiger partial charge in [-0.05, 0) is 32.4 Å². The van der Waals surface area contributed by atoms with E-state index in [9.17, 15) is 4.79 Å². The fraction of sp³-hybridized carbons (Fsp3) is 0.857. The molecule has 1 heterocycles. The molecular formula is C7H14N2O. The second-order valence-electron chi connectivity index (χ2n) is 2.89. The highest BCUT2D eigenvalue weighted by atomic mass is 16.1. The lowest BCUT2D eigenvalue weighted by Crippen LogP contribution is -2.37. The lowest BCUT2D eigenvalue weighted by molar-refractivity contribution is -0.119. The van der Waals surface area contributed by atoms with Gasteiger partial charge in [0.15, 0.2) is 0 Å². The fourth-order valence-corrected chi connectivity index (χ4v) is 1.32. The monoisotopic (exact) mass is 142 g/mol. The standard InChI is InChI=1S/C7H14N2O/c1-5(10)7(8)6-2-3-9-4-6/h6-7,9H,2-4,8H2,1H3/t6-,7?/m1/s1. The van der Waals surface area contributed by atoms with Crippen LogP contribution in [0.1, 0.15) is 13.3 Å². The Hall–Kier alpha value is -0.410. The van der Waals surface area contributed by atoms with E-state index in [1.807, 2.05) is 0 Å². The van der Waals surface area contributed by atoms with Gasteiger partial charge in [-0.15, -0.1) is 0 Å². The maximum atomic E-state index is 10.8. The van der Waals surface area contributed by atoms with Crippen LogP contribution in [-0.4, -0.2) is 24.9 Å². The van der Waals surface area contributed by atoms with E-state index in [1.165, 1.54) is 0 Å². The highest BCUT2D eigenvalue weighted by molar-refractivity contribution is 5.81. The second kappa shape index (κ2) is 3.12. The van der Waals surface area contributed by atoms with Crippen molar-refractivity contribution in [3.8, 4) is 0 Å². The van der Waals surface area contributed by atoms with Crippen molar-refractivity contribution >= 4 is 5.78 Å². The van der Waals surface area contributed by atoms with Crippen molar-refractivity contribution in [3.05, 3.63) is 0 Å². The van der Waals surface area contributed by atoms with E-state index in [4.69, 9.17) is 5.73 Å². The molecular weight excluding hydrogens is 128 g/mol. The Balaban J connectivity index is 2.39. The van der Waals surface area contributed by atoms with Crippen LogP contribution in [0.2, 0.25) is 0 Å². The zero-order valence-electron chi connectivity index (χ0n) is 6.26. The smallest absolute Gasteiger partial charge is 0.146 e. The van der Waals surface area contributed by atoms with Crippen LogP contribution < -0.4 is 11.1 Å². The third-order valence-electron chi connectivity index (χ3n) is 2.08. The lowest BCUT2D eigenvalue weighted by Gasteiger charge is -2.13. The first-order valence-corrected chi connectivity index (χ1v) is 3.68. The van der Waals surface area contributed by atoms with Crippen LogP contribution in [0.4, 0.5) is 0 Å². The molecule has 0 bridgehead atoms. The summed E-state index contributed by atoms with van der Waals surface area (Å²) in [6.45, 7) is 3.47. The van der Waals surface area contributed by atoms with Crippen molar-refractivity contribution < 1.29 is 4.79 Å². The largest absolute Gasteiger partial charge is 0.321 e. The van der Waals surface area contributed by atoms with Gasteiger partial charge in [-0.1, -0.05) is 0 Å². The fourth-order valence-electron chi connectivity index (χ4n) is 1.32. The van der Waals surface area contributed by atoms with Crippen LogP contribution in [0.5, 0.6) is 0 Å². The number of rotatable bonds is 2. The van der Waals surface area contributed by atoms with Gasteiger partial charge in [0, 0.05) is 0 Å². The van der Waals surface area contributed by atoms with E-state index < -0.39 is 0 Å². The molecule has 1 saturated heterocycles. The van der Waals surface area contributed by atoms with Crippen LogP contribution in [0.15, 0.2) is 0 Å². The molecule has 3 nitrogen and oxygen atoms in total. The van der Waals surface area contributed by atoms with Gasteiger partial charge >= 0.3 is 0 Å². The molecule has 10 heavy (non-hydrogen) atoms. The first kappa shape index (κ1) is 7.69. The molecule has 1 aliphatic heterocycles. The summed E-state index contributed by atoms with van der Waals surface area (Å²) in [6, 6.07) is -0.241. The Morgan fingerprint density at radius 3 is 2.90 bits per heavy atom. The molecule has 0 aromatic heterocycles. The van der Waals surface area contributed by atoms with Gasteiger partial charge in [0.1, 0.15) is 5.78 Å². The molecule has 3 N–H and O–H groups in total. The molecule has 0 radical (unpaired) electrons. The zero-order chi connectivity index (χ0) is 7.56. The van der Waals surface area contributed by atoms with Gasteiger partial charge in [-0.2, -0.15) is 0 Å². The normalized spacial score (nSPS) is 28.4. The maximum absolute atomic E-state index is 10.8. The average molecular weight is 142 g/mol. The van der Waals surface area contributed by atoms with Crippen molar-refractivity contribution in [2.24, 2.45) is 11.7 Å². The number of hydrogen-bond acceptors (Lipinski definition) is 3. The van der Waals surface area contributed by atoms with E-state index >= 15 is 0 Å². The van der Waals surface area contributed by atoms with Crippen LogP contribution in [0, 0.1) is 5.92 Å². The molecule has 0 amide bonds. The molecule has 1 aliphatic rings. The molecule has 2 atom stereocenters. The Bertz CT molecular complexity index is 130. The molecule has 3 heteroatoms. The third kappa shape index (κ3) is 1.55. The minimum Gasteiger partial charge on any atom is -0.321 e. The van der Waals surface area contributed by atoms with Gasteiger partial charge in [0.05, 0.1) is 6.04 Å². The Labute approximate surface area is 61.0 Å². The van der Waals surface area contributed by atoms with E-state index in [0.717, 1.165) is 19.5 Å². The Morgan fingerprint density at radius 1 is 1.80 bits per heavy atom. The van der Waals surface area contributed by atoms with Crippen LogP contribution in [0.25, 0.3) is 0 Å². The second-order valence-corrected chi connectivity index (χ2v) is 2.89. The molecule has 0 spiro atoms. The van der Waals surface area contributed by atoms with E-state index in [-0.39, 0.29) is 11.8 Å². The van der Waals surface area contributed by atoms with Gasteiger partial charge in [-0.3, -0.25) is 4.79 Å². The minimum absolute atomic E-state index is 0.105.